The van der Waals surface area contributed by atoms with Gasteiger partial charge in [-0.15, -0.1) is 0 Å². The van der Waals surface area contributed by atoms with Gasteiger partial charge in [-0.1, -0.05) is 12.1 Å². The van der Waals surface area contributed by atoms with E-state index in [0.29, 0.717) is 24.4 Å². The summed E-state index contributed by atoms with van der Waals surface area (Å²) in [4.78, 5) is 14.6. The molecule has 0 atom stereocenters. The standard InChI is InChI=1S/C19H30N2O3/c1-14(2)21-11-9-19(24,10-12-21)16-7-5-15(6-8-16)17(23)20-18(3,4)13-22/h5-8,14,22,24H,9-13H2,1-4H3,(H,20,23). The van der Waals surface area contributed by atoms with E-state index in [4.69, 9.17) is 0 Å². The minimum Gasteiger partial charge on any atom is -0.394 e. The molecular weight excluding hydrogens is 304 g/mol. The zero-order chi connectivity index (χ0) is 18.0. The van der Waals surface area contributed by atoms with Gasteiger partial charge in [0.1, 0.15) is 0 Å². The van der Waals surface area contributed by atoms with Crippen LogP contribution in [0.3, 0.4) is 0 Å². The number of rotatable bonds is 5. The van der Waals surface area contributed by atoms with Crippen LogP contribution in [0.25, 0.3) is 0 Å². The third kappa shape index (κ3) is 4.35. The molecule has 1 aliphatic rings. The third-order valence-corrected chi connectivity index (χ3v) is 4.89. The number of carbonyl (C=O) groups is 1. The fraction of sp³-hybridized carbons (Fsp3) is 0.632. The Kier molecular flexibility index (Phi) is 5.68. The number of piperidine rings is 1. The predicted molar refractivity (Wildman–Crippen MR) is 94.9 cm³/mol. The highest BCUT2D eigenvalue weighted by atomic mass is 16.3. The predicted octanol–water partition coefficient (Wildman–Crippen LogP) is 1.88. The summed E-state index contributed by atoms with van der Waals surface area (Å²) in [6.45, 7) is 9.51. The topological polar surface area (TPSA) is 72.8 Å². The first-order chi connectivity index (χ1) is 11.2. The number of likely N-dealkylation sites (tertiary alicyclic amines) is 1. The van der Waals surface area contributed by atoms with Crippen molar-refractivity contribution < 1.29 is 15.0 Å². The first kappa shape index (κ1) is 18.9. The highest BCUT2D eigenvalue weighted by Gasteiger charge is 2.34. The SMILES string of the molecule is CC(C)N1CCC(O)(c2ccc(C(=O)NC(C)(C)CO)cc2)CC1. The molecule has 24 heavy (non-hydrogen) atoms. The van der Waals surface area contributed by atoms with Gasteiger partial charge in [0.15, 0.2) is 0 Å². The van der Waals surface area contributed by atoms with E-state index in [1.807, 2.05) is 12.1 Å². The van der Waals surface area contributed by atoms with Crippen molar-refractivity contribution in [2.45, 2.75) is 57.7 Å². The van der Waals surface area contributed by atoms with Gasteiger partial charge in [-0.05, 0) is 58.2 Å². The van der Waals surface area contributed by atoms with Crippen LogP contribution in [0.2, 0.25) is 0 Å². The average molecular weight is 334 g/mol. The molecule has 1 aromatic rings. The zero-order valence-corrected chi connectivity index (χ0v) is 15.2. The van der Waals surface area contributed by atoms with E-state index in [-0.39, 0.29) is 12.5 Å². The first-order valence-electron chi connectivity index (χ1n) is 8.67. The van der Waals surface area contributed by atoms with Gasteiger partial charge in [-0.3, -0.25) is 4.79 Å². The van der Waals surface area contributed by atoms with Crippen LogP contribution in [0.1, 0.15) is 56.5 Å². The molecule has 0 spiro atoms. The van der Waals surface area contributed by atoms with Crippen LogP contribution in [0, 0.1) is 0 Å². The van der Waals surface area contributed by atoms with Crippen LogP contribution >= 0.6 is 0 Å². The summed E-state index contributed by atoms with van der Waals surface area (Å²) in [5.74, 6) is -0.220. The second-order valence-electron chi connectivity index (χ2n) is 7.73. The van der Waals surface area contributed by atoms with Crippen LogP contribution in [0.5, 0.6) is 0 Å². The average Bonchev–Trinajstić information content (AvgIpc) is 2.55. The second-order valence-corrected chi connectivity index (χ2v) is 7.73. The van der Waals surface area contributed by atoms with Gasteiger partial charge >= 0.3 is 0 Å². The van der Waals surface area contributed by atoms with Gasteiger partial charge < -0.3 is 20.4 Å². The smallest absolute Gasteiger partial charge is 0.251 e. The van der Waals surface area contributed by atoms with Gasteiger partial charge in [-0.25, -0.2) is 0 Å². The lowest BCUT2D eigenvalue weighted by atomic mass is 9.83. The lowest BCUT2D eigenvalue weighted by Gasteiger charge is -2.40. The fourth-order valence-corrected chi connectivity index (χ4v) is 3.05. The lowest BCUT2D eigenvalue weighted by molar-refractivity contribution is -0.0324. The number of nitrogens with one attached hydrogen (secondary N) is 1. The largest absolute Gasteiger partial charge is 0.394 e. The van der Waals surface area contributed by atoms with Crippen molar-refractivity contribution in [3.8, 4) is 0 Å². The molecule has 1 fully saturated rings. The summed E-state index contributed by atoms with van der Waals surface area (Å²) in [6.07, 6.45) is 1.41. The Morgan fingerprint density at radius 1 is 1.25 bits per heavy atom. The molecule has 1 saturated heterocycles. The van der Waals surface area contributed by atoms with E-state index >= 15 is 0 Å². The minimum atomic E-state index is -0.815. The van der Waals surface area contributed by atoms with Crippen molar-refractivity contribution in [2.75, 3.05) is 19.7 Å². The van der Waals surface area contributed by atoms with Crippen molar-refractivity contribution in [3.63, 3.8) is 0 Å². The number of hydrogen-bond acceptors (Lipinski definition) is 4. The molecule has 0 bridgehead atoms. The molecule has 0 unspecified atom stereocenters. The normalized spacial score (nSPS) is 18.6. The van der Waals surface area contributed by atoms with Crippen molar-refractivity contribution in [1.29, 1.82) is 0 Å². The zero-order valence-electron chi connectivity index (χ0n) is 15.2. The van der Waals surface area contributed by atoms with E-state index in [1.54, 1.807) is 26.0 Å². The Morgan fingerprint density at radius 3 is 2.25 bits per heavy atom. The van der Waals surface area contributed by atoms with Crippen LogP contribution in [-0.4, -0.2) is 52.3 Å². The molecule has 1 aromatic carbocycles. The van der Waals surface area contributed by atoms with E-state index < -0.39 is 11.1 Å². The molecule has 1 aliphatic heterocycles. The summed E-state index contributed by atoms with van der Waals surface area (Å²) in [7, 11) is 0. The summed E-state index contributed by atoms with van der Waals surface area (Å²) >= 11 is 0. The first-order valence-corrected chi connectivity index (χ1v) is 8.67. The number of aliphatic hydroxyl groups excluding tert-OH is 1. The number of hydrogen-bond donors (Lipinski definition) is 3. The second kappa shape index (κ2) is 7.21. The van der Waals surface area contributed by atoms with Gasteiger partial charge in [0, 0.05) is 24.7 Å². The molecule has 3 N–H and O–H groups in total. The molecule has 1 amide bonds. The van der Waals surface area contributed by atoms with Crippen molar-refractivity contribution >= 4 is 5.91 Å². The van der Waals surface area contributed by atoms with E-state index in [9.17, 15) is 15.0 Å². The maximum absolute atomic E-state index is 12.2. The van der Waals surface area contributed by atoms with Crippen LogP contribution in [-0.2, 0) is 5.60 Å². The fourth-order valence-electron chi connectivity index (χ4n) is 3.05. The molecule has 134 valence electrons. The number of carbonyl (C=O) groups excluding carboxylic acids is 1. The summed E-state index contributed by atoms with van der Waals surface area (Å²) in [5, 5.41) is 23.0. The molecule has 5 heteroatoms. The van der Waals surface area contributed by atoms with Crippen LogP contribution in [0.4, 0.5) is 0 Å². The monoisotopic (exact) mass is 334 g/mol. The van der Waals surface area contributed by atoms with Crippen molar-refractivity contribution in [3.05, 3.63) is 35.4 Å². The maximum atomic E-state index is 12.2. The van der Waals surface area contributed by atoms with E-state index in [1.165, 1.54) is 0 Å². The maximum Gasteiger partial charge on any atom is 0.251 e. The van der Waals surface area contributed by atoms with Gasteiger partial charge in [0.25, 0.3) is 5.91 Å². The Labute approximate surface area is 144 Å². The molecule has 5 nitrogen and oxygen atoms in total. The number of aliphatic hydroxyl groups is 2. The quantitative estimate of drug-likeness (QED) is 0.769. The number of benzene rings is 1. The minimum absolute atomic E-state index is 0.122. The molecule has 1 heterocycles. The van der Waals surface area contributed by atoms with Gasteiger partial charge in [0.2, 0.25) is 0 Å². The molecule has 2 rings (SSSR count). The van der Waals surface area contributed by atoms with Gasteiger partial charge in [0.05, 0.1) is 17.7 Å². The Balaban J connectivity index is 2.05. The van der Waals surface area contributed by atoms with Gasteiger partial charge in [-0.2, -0.15) is 0 Å². The summed E-state index contributed by atoms with van der Waals surface area (Å²) < 4.78 is 0. The van der Waals surface area contributed by atoms with E-state index in [0.717, 1.165) is 18.7 Å². The van der Waals surface area contributed by atoms with E-state index in [2.05, 4.69) is 24.1 Å². The Bertz CT molecular complexity index is 558. The highest BCUT2D eigenvalue weighted by molar-refractivity contribution is 5.94. The Hall–Kier alpha value is -1.43. The molecule has 0 saturated carbocycles. The molecule has 0 aliphatic carbocycles. The Morgan fingerprint density at radius 2 is 1.79 bits per heavy atom. The van der Waals surface area contributed by atoms with Crippen LogP contribution < -0.4 is 5.32 Å². The van der Waals surface area contributed by atoms with Crippen molar-refractivity contribution in [1.82, 2.24) is 10.2 Å². The summed E-state index contributed by atoms with van der Waals surface area (Å²) in [5.41, 5.74) is -0.0741. The molecule has 0 radical (unpaired) electrons. The van der Waals surface area contributed by atoms with Crippen LogP contribution in [0.15, 0.2) is 24.3 Å². The number of nitrogens with zero attached hydrogens (tertiary/aromatic N) is 1. The highest BCUT2D eigenvalue weighted by Crippen LogP contribution is 2.33. The molecular formula is C19H30N2O3. The number of amides is 1. The third-order valence-electron chi connectivity index (χ3n) is 4.89. The lowest BCUT2D eigenvalue weighted by Crippen LogP contribution is -2.46. The molecule has 0 aromatic heterocycles. The van der Waals surface area contributed by atoms with Crippen molar-refractivity contribution in [2.24, 2.45) is 0 Å². The summed E-state index contributed by atoms with van der Waals surface area (Å²) in [6, 6.07) is 7.66.